The first kappa shape index (κ1) is 10.4. The summed E-state index contributed by atoms with van der Waals surface area (Å²) in [6.45, 7) is 3.49. The van der Waals surface area contributed by atoms with Crippen LogP contribution in [0.4, 0.5) is 4.79 Å². The van der Waals surface area contributed by atoms with Gasteiger partial charge in [0.2, 0.25) is 0 Å². The molecule has 2 amide bonds. The van der Waals surface area contributed by atoms with Crippen LogP contribution in [0.15, 0.2) is 0 Å². The Balaban J connectivity index is 1.51. The second kappa shape index (κ2) is 3.91. The molecule has 0 aromatic rings. The highest BCUT2D eigenvalue weighted by Gasteiger charge is 2.45. The van der Waals surface area contributed by atoms with Crippen molar-refractivity contribution in [3.05, 3.63) is 0 Å². The Kier molecular flexibility index (Phi) is 2.54. The molecule has 1 N–H and O–H groups in total. The largest absolute Gasteiger partial charge is 0.380 e. The van der Waals surface area contributed by atoms with E-state index in [4.69, 9.17) is 4.74 Å². The van der Waals surface area contributed by atoms with E-state index in [-0.39, 0.29) is 6.03 Å². The fourth-order valence-corrected chi connectivity index (χ4v) is 3.07. The van der Waals surface area contributed by atoms with E-state index < -0.39 is 0 Å². The molecule has 16 heavy (non-hydrogen) atoms. The summed E-state index contributed by atoms with van der Waals surface area (Å²) in [5.74, 6) is 0. The second-order valence-electron chi connectivity index (χ2n) is 5.60. The van der Waals surface area contributed by atoms with Crippen LogP contribution in [0.1, 0.15) is 32.1 Å². The Bertz CT molecular complexity index is 283. The van der Waals surface area contributed by atoms with Gasteiger partial charge in [0.15, 0.2) is 0 Å². The number of carbonyl (C=O) groups excluding carboxylic acids is 1. The molecule has 3 fully saturated rings. The minimum absolute atomic E-state index is 0.149. The molecule has 3 rings (SSSR count). The fourth-order valence-electron chi connectivity index (χ4n) is 3.07. The van der Waals surface area contributed by atoms with Crippen LogP contribution in [-0.4, -0.2) is 43.3 Å². The Labute approximate surface area is 96.3 Å². The van der Waals surface area contributed by atoms with Gasteiger partial charge in [0.25, 0.3) is 0 Å². The van der Waals surface area contributed by atoms with Crippen LogP contribution in [-0.2, 0) is 4.74 Å². The number of ether oxygens (including phenoxy) is 1. The summed E-state index contributed by atoms with van der Waals surface area (Å²) < 4.78 is 5.26. The summed E-state index contributed by atoms with van der Waals surface area (Å²) in [5, 5.41) is 3.15. The number of rotatable bonds is 1. The number of likely N-dealkylation sites (tertiary alicyclic amines) is 1. The molecule has 1 spiro atoms. The molecule has 1 saturated carbocycles. The van der Waals surface area contributed by atoms with Gasteiger partial charge in [-0.25, -0.2) is 4.79 Å². The maximum atomic E-state index is 12.0. The Morgan fingerprint density at radius 1 is 1.31 bits per heavy atom. The van der Waals surface area contributed by atoms with Gasteiger partial charge in [-0.3, -0.25) is 0 Å². The summed E-state index contributed by atoms with van der Waals surface area (Å²) in [6, 6.07) is 0.581. The van der Waals surface area contributed by atoms with Crippen LogP contribution in [0.3, 0.4) is 0 Å². The fraction of sp³-hybridized carbons (Fsp3) is 0.917. The lowest BCUT2D eigenvalue weighted by Crippen LogP contribution is -2.48. The quantitative estimate of drug-likeness (QED) is 0.730. The molecule has 2 saturated heterocycles. The summed E-state index contributed by atoms with van der Waals surface area (Å²) >= 11 is 0. The van der Waals surface area contributed by atoms with Crippen molar-refractivity contribution in [3.8, 4) is 0 Å². The third-order valence-corrected chi connectivity index (χ3v) is 4.22. The van der Waals surface area contributed by atoms with Gasteiger partial charge in [-0.2, -0.15) is 0 Å². The van der Waals surface area contributed by atoms with Crippen molar-refractivity contribution >= 4 is 6.03 Å². The average molecular weight is 224 g/mol. The number of nitrogens with zero attached hydrogens (tertiary/aromatic N) is 1. The minimum Gasteiger partial charge on any atom is -0.380 e. The van der Waals surface area contributed by atoms with Gasteiger partial charge < -0.3 is 15.0 Å². The van der Waals surface area contributed by atoms with Crippen molar-refractivity contribution in [2.45, 2.75) is 38.1 Å². The predicted octanol–water partition coefficient (Wildman–Crippen LogP) is 1.36. The van der Waals surface area contributed by atoms with E-state index in [1.165, 1.54) is 12.8 Å². The summed E-state index contributed by atoms with van der Waals surface area (Å²) in [4.78, 5) is 14.0. The molecular weight excluding hydrogens is 204 g/mol. The van der Waals surface area contributed by atoms with E-state index in [0.29, 0.717) is 11.5 Å². The number of carbonyl (C=O) groups is 1. The van der Waals surface area contributed by atoms with Gasteiger partial charge in [0, 0.05) is 24.5 Å². The number of nitrogens with one attached hydrogen (secondary N) is 1. The van der Waals surface area contributed by atoms with E-state index in [0.717, 1.165) is 45.6 Å². The highest BCUT2D eigenvalue weighted by Crippen LogP contribution is 2.37. The zero-order chi connectivity index (χ0) is 11.0. The van der Waals surface area contributed by atoms with Gasteiger partial charge in [-0.1, -0.05) is 12.8 Å². The minimum atomic E-state index is 0.149. The highest BCUT2D eigenvalue weighted by atomic mass is 16.5. The molecular formula is C12H20N2O2. The molecule has 0 atom stereocenters. The average Bonchev–Trinajstić information content (AvgIpc) is 2.83. The van der Waals surface area contributed by atoms with Crippen LogP contribution in [0, 0.1) is 5.41 Å². The maximum absolute atomic E-state index is 12.0. The smallest absolute Gasteiger partial charge is 0.317 e. The van der Waals surface area contributed by atoms with Gasteiger partial charge in [0.05, 0.1) is 13.2 Å². The lowest BCUT2D eigenvalue weighted by Gasteiger charge is -2.37. The number of urea groups is 1. The SMILES string of the molecule is O=C(NC1CCCC1)N1CCC2(COC2)C1. The summed E-state index contributed by atoms with van der Waals surface area (Å²) in [6.07, 6.45) is 5.97. The Morgan fingerprint density at radius 3 is 2.62 bits per heavy atom. The first-order chi connectivity index (χ1) is 7.77. The van der Waals surface area contributed by atoms with Gasteiger partial charge in [0.1, 0.15) is 0 Å². The van der Waals surface area contributed by atoms with Crippen molar-refractivity contribution < 1.29 is 9.53 Å². The summed E-state index contributed by atoms with van der Waals surface area (Å²) in [5.41, 5.74) is 0.313. The van der Waals surface area contributed by atoms with E-state index in [1.54, 1.807) is 0 Å². The number of amides is 2. The lowest BCUT2D eigenvalue weighted by molar-refractivity contribution is -0.103. The third kappa shape index (κ3) is 1.79. The first-order valence-electron chi connectivity index (χ1n) is 6.41. The molecule has 90 valence electrons. The topological polar surface area (TPSA) is 41.6 Å². The molecule has 2 aliphatic heterocycles. The van der Waals surface area contributed by atoms with Crippen molar-refractivity contribution in [2.75, 3.05) is 26.3 Å². The van der Waals surface area contributed by atoms with Crippen LogP contribution in [0.5, 0.6) is 0 Å². The van der Waals surface area contributed by atoms with Gasteiger partial charge in [-0.15, -0.1) is 0 Å². The number of hydrogen-bond acceptors (Lipinski definition) is 2. The van der Waals surface area contributed by atoms with Crippen LogP contribution in [0.25, 0.3) is 0 Å². The van der Waals surface area contributed by atoms with Crippen LogP contribution in [0.2, 0.25) is 0 Å². The zero-order valence-corrected chi connectivity index (χ0v) is 9.71. The van der Waals surface area contributed by atoms with Crippen molar-refractivity contribution in [3.63, 3.8) is 0 Å². The Morgan fingerprint density at radius 2 is 2.06 bits per heavy atom. The van der Waals surface area contributed by atoms with E-state index in [2.05, 4.69) is 5.32 Å². The number of hydrogen-bond donors (Lipinski definition) is 1. The van der Waals surface area contributed by atoms with Crippen LogP contribution < -0.4 is 5.32 Å². The molecule has 4 heteroatoms. The van der Waals surface area contributed by atoms with Gasteiger partial charge in [-0.05, 0) is 19.3 Å². The van der Waals surface area contributed by atoms with Crippen molar-refractivity contribution in [1.82, 2.24) is 10.2 Å². The summed E-state index contributed by atoms with van der Waals surface area (Å²) in [7, 11) is 0. The van der Waals surface area contributed by atoms with Crippen molar-refractivity contribution in [2.24, 2.45) is 5.41 Å². The molecule has 0 aromatic carbocycles. The molecule has 0 radical (unpaired) electrons. The molecule has 0 bridgehead atoms. The normalized spacial score (nSPS) is 28.4. The highest BCUT2D eigenvalue weighted by molar-refractivity contribution is 5.75. The third-order valence-electron chi connectivity index (χ3n) is 4.22. The lowest BCUT2D eigenvalue weighted by atomic mass is 9.85. The van der Waals surface area contributed by atoms with E-state index in [9.17, 15) is 4.79 Å². The molecule has 1 aliphatic carbocycles. The zero-order valence-electron chi connectivity index (χ0n) is 9.71. The molecule has 0 aromatic heterocycles. The maximum Gasteiger partial charge on any atom is 0.317 e. The monoisotopic (exact) mass is 224 g/mol. The first-order valence-corrected chi connectivity index (χ1v) is 6.41. The Hall–Kier alpha value is -0.770. The molecule has 3 aliphatic rings. The molecule has 4 nitrogen and oxygen atoms in total. The van der Waals surface area contributed by atoms with E-state index in [1.807, 2.05) is 4.90 Å². The van der Waals surface area contributed by atoms with E-state index >= 15 is 0 Å². The molecule has 2 heterocycles. The second-order valence-corrected chi connectivity index (χ2v) is 5.60. The predicted molar refractivity (Wildman–Crippen MR) is 60.2 cm³/mol. The van der Waals surface area contributed by atoms with Crippen LogP contribution >= 0.6 is 0 Å². The van der Waals surface area contributed by atoms with Gasteiger partial charge >= 0.3 is 6.03 Å². The molecule has 0 unspecified atom stereocenters. The van der Waals surface area contributed by atoms with Crippen molar-refractivity contribution in [1.29, 1.82) is 0 Å². The standard InChI is InChI=1S/C12H20N2O2/c15-11(13-10-3-1-2-4-10)14-6-5-12(7-14)8-16-9-12/h10H,1-9H2,(H,13,15).